The summed E-state index contributed by atoms with van der Waals surface area (Å²) in [4.78, 5) is 25.5. The van der Waals surface area contributed by atoms with Gasteiger partial charge in [0.25, 0.3) is 11.5 Å². The van der Waals surface area contributed by atoms with Crippen molar-refractivity contribution < 1.29 is 9.53 Å². The molecule has 1 amide bonds. The number of rotatable bonds is 4. The third-order valence-electron chi connectivity index (χ3n) is 2.45. The van der Waals surface area contributed by atoms with E-state index in [9.17, 15) is 9.59 Å². The van der Waals surface area contributed by atoms with Gasteiger partial charge in [0.05, 0.1) is 0 Å². The number of hydrogen-bond acceptors (Lipinski definition) is 3. The van der Waals surface area contributed by atoms with Crippen molar-refractivity contribution in [2.75, 3.05) is 11.9 Å². The van der Waals surface area contributed by atoms with Crippen molar-refractivity contribution in [3.63, 3.8) is 0 Å². The fourth-order valence-electron chi connectivity index (χ4n) is 1.56. The van der Waals surface area contributed by atoms with Crippen LogP contribution in [0.5, 0.6) is 5.75 Å². The zero-order valence-corrected chi connectivity index (χ0v) is 10.5. The summed E-state index contributed by atoms with van der Waals surface area (Å²) < 4.78 is 5.34. The molecule has 0 radical (unpaired) electrons. The van der Waals surface area contributed by atoms with E-state index in [-0.39, 0.29) is 23.8 Å². The number of aromatic amines is 1. The normalized spacial score (nSPS) is 9.95. The van der Waals surface area contributed by atoms with Crippen LogP contribution in [-0.4, -0.2) is 17.5 Å². The molecule has 19 heavy (non-hydrogen) atoms. The summed E-state index contributed by atoms with van der Waals surface area (Å²) >= 11 is 0. The summed E-state index contributed by atoms with van der Waals surface area (Å²) in [5.74, 6) is 0.246. The first kappa shape index (κ1) is 12.9. The van der Waals surface area contributed by atoms with Gasteiger partial charge < -0.3 is 15.0 Å². The largest absolute Gasteiger partial charge is 0.484 e. The minimum absolute atomic E-state index is 0.141. The first-order valence-electron chi connectivity index (χ1n) is 5.82. The molecule has 0 spiro atoms. The zero-order valence-electron chi connectivity index (χ0n) is 10.5. The predicted molar refractivity (Wildman–Crippen MR) is 72.4 cm³/mol. The molecule has 0 aliphatic carbocycles. The molecule has 1 aromatic heterocycles. The highest BCUT2D eigenvalue weighted by atomic mass is 16.5. The molecular weight excluding hydrogens is 244 g/mol. The molecule has 5 heteroatoms. The van der Waals surface area contributed by atoms with Gasteiger partial charge >= 0.3 is 0 Å². The van der Waals surface area contributed by atoms with Crippen LogP contribution < -0.4 is 15.6 Å². The van der Waals surface area contributed by atoms with Gasteiger partial charge in [0.2, 0.25) is 0 Å². The van der Waals surface area contributed by atoms with Gasteiger partial charge in [-0.15, -0.1) is 0 Å². The highest BCUT2D eigenvalue weighted by Crippen LogP contribution is 2.12. The molecule has 2 aromatic rings. The molecule has 98 valence electrons. The fourth-order valence-corrected chi connectivity index (χ4v) is 1.56. The summed E-state index contributed by atoms with van der Waals surface area (Å²) in [5, 5.41) is 2.49. The number of amides is 1. The van der Waals surface area contributed by atoms with Crippen LogP contribution >= 0.6 is 0 Å². The number of pyridine rings is 1. The average molecular weight is 258 g/mol. The molecule has 0 aliphatic heterocycles. The van der Waals surface area contributed by atoms with Crippen molar-refractivity contribution in [1.82, 2.24) is 4.98 Å². The molecular formula is C14H14N2O3. The zero-order chi connectivity index (χ0) is 13.7. The SMILES string of the molecule is Cc1cccc(OCC(=O)Nc2ccc[nH]c2=O)c1. The summed E-state index contributed by atoms with van der Waals surface area (Å²) in [6, 6.07) is 10.6. The molecule has 0 fully saturated rings. The molecule has 0 bridgehead atoms. The molecule has 2 rings (SSSR count). The van der Waals surface area contributed by atoms with Crippen molar-refractivity contribution in [2.24, 2.45) is 0 Å². The Kier molecular flexibility index (Phi) is 3.97. The Morgan fingerprint density at radius 2 is 2.16 bits per heavy atom. The molecule has 1 aromatic carbocycles. The maximum Gasteiger partial charge on any atom is 0.271 e. The van der Waals surface area contributed by atoms with Crippen LogP contribution in [0.15, 0.2) is 47.4 Å². The lowest BCUT2D eigenvalue weighted by Crippen LogP contribution is -2.24. The lowest BCUT2D eigenvalue weighted by Gasteiger charge is -2.07. The van der Waals surface area contributed by atoms with Crippen LogP contribution in [0.2, 0.25) is 0 Å². The molecule has 2 N–H and O–H groups in total. The monoisotopic (exact) mass is 258 g/mol. The standard InChI is InChI=1S/C14H14N2O3/c1-10-4-2-5-11(8-10)19-9-13(17)16-12-6-3-7-15-14(12)18/h2-8H,9H2,1H3,(H,15,18)(H,16,17). The number of H-pyrrole nitrogens is 1. The van der Waals surface area contributed by atoms with Gasteiger partial charge in [-0.05, 0) is 36.8 Å². The number of anilines is 1. The topological polar surface area (TPSA) is 71.2 Å². The van der Waals surface area contributed by atoms with E-state index < -0.39 is 0 Å². The number of carbonyl (C=O) groups is 1. The van der Waals surface area contributed by atoms with E-state index in [1.807, 2.05) is 25.1 Å². The van der Waals surface area contributed by atoms with Crippen molar-refractivity contribution in [3.05, 3.63) is 58.5 Å². The number of hydrogen-bond donors (Lipinski definition) is 2. The number of benzene rings is 1. The minimum Gasteiger partial charge on any atom is -0.484 e. The molecule has 5 nitrogen and oxygen atoms in total. The predicted octanol–water partition coefficient (Wildman–Crippen LogP) is 1.70. The Balaban J connectivity index is 1.92. The van der Waals surface area contributed by atoms with Crippen LogP contribution in [0.3, 0.4) is 0 Å². The molecule has 0 atom stereocenters. The van der Waals surface area contributed by atoms with Crippen LogP contribution in [0.25, 0.3) is 0 Å². The Morgan fingerprint density at radius 1 is 1.32 bits per heavy atom. The van der Waals surface area contributed by atoms with E-state index in [0.29, 0.717) is 5.75 Å². The van der Waals surface area contributed by atoms with E-state index in [1.54, 1.807) is 12.1 Å². The van der Waals surface area contributed by atoms with Crippen molar-refractivity contribution in [1.29, 1.82) is 0 Å². The van der Waals surface area contributed by atoms with Gasteiger partial charge in [-0.25, -0.2) is 0 Å². The van der Waals surface area contributed by atoms with Gasteiger partial charge in [0.15, 0.2) is 6.61 Å². The first-order valence-corrected chi connectivity index (χ1v) is 5.82. The van der Waals surface area contributed by atoms with Gasteiger partial charge in [-0.1, -0.05) is 12.1 Å². The second kappa shape index (κ2) is 5.86. The van der Waals surface area contributed by atoms with Crippen LogP contribution in [0, 0.1) is 6.92 Å². The molecule has 0 aliphatic rings. The summed E-state index contributed by atoms with van der Waals surface area (Å²) in [7, 11) is 0. The van der Waals surface area contributed by atoms with E-state index in [2.05, 4.69) is 10.3 Å². The smallest absolute Gasteiger partial charge is 0.271 e. The van der Waals surface area contributed by atoms with Crippen molar-refractivity contribution >= 4 is 11.6 Å². The minimum atomic E-state index is -0.377. The fraction of sp³-hybridized carbons (Fsp3) is 0.143. The van der Waals surface area contributed by atoms with Gasteiger partial charge in [0, 0.05) is 6.20 Å². The molecule has 0 saturated carbocycles. The second-order valence-corrected chi connectivity index (χ2v) is 4.07. The van der Waals surface area contributed by atoms with Crippen LogP contribution in [0.4, 0.5) is 5.69 Å². The first-order chi connectivity index (χ1) is 9.15. The lowest BCUT2D eigenvalue weighted by atomic mass is 10.2. The Hall–Kier alpha value is -2.56. The Labute approximate surface area is 110 Å². The third-order valence-corrected chi connectivity index (χ3v) is 2.45. The van der Waals surface area contributed by atoms with E-state index >= 15 is 0 Å². The molecule has 0 saturated heterocycles. The highest BCUT2D eigenvalue weighted by Gasteiger charge is 2.06. The second-order valence-electron chi connectivity index (χ2n) is 4.07. The number of aryl methyl sites for hydroxylation is 1. The summed E-state index contributed by atoms with van der Waals surface area (Å²) in [6.07, 6.45) is 1.50. The quantitative estimate of drug-likeness (QED) is 0.876. The molecule has 0 unspecified atom stereocenters. The van der Waals surface area contributed by atoms with Crippen LogP contribution in [0.1, 0.15) is 5.56 Å². The van der Waals surface area contributed by atoms with E-state index in [1.165, 1.54) is 12.3 Å². The maximum absolute atomic E-state index is 11.6. The van der Waals surface area contributed by atoms with Crippen molar-refractivity contribution in [3.8, 4) is 5.75 Å². The van der Waals surface area contributed by atoms with Gasteiger partial charge in [-0.3, -0.25) is 9.59 Å². The maximum atomic E-state index is 11.6. The number of carbonyl (C=O) groups excluding carboxylic acids is 1. The summed E-state index contributed by atoms with van der Waals surface area (Å²) in [6.45, 7) is 1.80. The number of aromatic nitrogens is 1. The lowest BCUT2D eigenvalue weighted by molar-refractivity contribution is -0.118. The van der Waals surface area contributed by atoms with Gasteiger partial charge in [-0.2, -0.15) is 0 Å². The Bertz CT molecular complexity index is 634. The average Bonchev–Trinajstić information content (AvgIpc) is 2.39. The van der Waals surface area contributed by atoms with Crippen molar-refractivity contribution in [2.45, 2.75) is 6.92 Å². The summed E-state index contributed by atoms with van der Waals surface area (Å²) in [5.41, 5.74) is 0.921. The van der Waals surface area contributed by atoms with Gasteiger partial charge in [0.1, 0.15) is 11.4 Å². The number of nitrogens with one attached hydrogen (secondary N) is 2. The molecule has 1 heterocycles. The van der Waals surface area contributed by atoms with E-state index in [4.69, 9.17) is 4.74 Å². The Morgan fingerprint density at radius 3 is 2.89 bits per heavy atom. The highest BCUT2D eigenvalue weighted by molar-refractivity contribution is 5.91. The van der Waals surface area contributed by atoms with E-state index in [0.717, 1.165) is 5.56 Å². The van der Waals surface area contributed by atoms with Crippen LogP contribution in [-0.2, 0) is 4.79 Å². The number of ether oxygens (including phenoxy) is 1. The third kappa shape index (κ3) is 3.70.